The van der Waals surface area contributed by atoms with Gasteiger partial charge in [0.2, 0.25) is 0 Å². The Kier molecular flexibility index (Phi) is 4.44. The summed E-state index contributed by atoms with van der Waals surface area (Å²) >= 11 is 0. The van der Waals surface area contributed by atoms with Crippen molar-refractivity contribution in [3.8, 4) is 22.6 Å². The highest BCUT2D eigenvalue weighted by Crippen LogP contribution is 2.43. The first-order valence-corrected chi connectivity index (χ1v) is 9.66. The summed E-state index contributed by atoms with van der Waals surface area (Å²) in [6.45, 7) is 0. The van der Waals surface area contributed by atoms with Gasteiger partial charge in [0.1, 0.15) is 5.75 Å². The molecule has 3 aromatic carbocycles. The molecule has 6 heteroatoms. The second-order valence-corrected chi connectivity index (χ2v) is 7.06. The summed E-state index contributed by atoms with van der Waals surface area (Å²) in [5, 5.41) is 6.04. The van der Waals surface area contributed by atoms with E-state index in [1.165, 1.54) is 0 Å². The summed E-state index contributed by atoms with van der Waals surface area (Å²) in [4.78, 5) is 16.9. The van der Waals surface area contributed by atoms with Crippen LogP contribution in [0.25, 0.3) is 16.8 Å². The first kappa shape index (κ1) is 18.0. The molecule has 0 unspecified atom stereocenters. The highest BCUT2D eigenvalue weighted by molar-refractivity contribution is 5.91. The van der Waals surface area contributed by atoms with Crippen molar-refractivity contribution >= 4 is 11.7 Å². The Bertz CT molecular complexity index is 1170. The number of urea groups is 1. The largest absolute Gasteiger partial charge is 0.494 e. The van der Waals surface area contributed by atoms with Crippen molar-refractivity contribution in [2.45, 2.75) is 6.04 Å². The monoisotopic (exact) mass is 396 g/mol. The maximum absolute atomic E-state index is 12.8. The van der Waals surface area contributed by atoms with E-state index < -0.39 is 0 Å². The van der Waals surface area contributed by atoms with E-state index in [0.717, 1.165) is 27.9 Å². The third-order valence-electron chi connectivity index (χ3n) is 5.33. The van der Waals surface area contributed by atoms with Crippen LogP contribution in [0.2, 0.25) is 0 Å². The number of nitrogens with zero attached hydrogens (tertiary/aromatic N) is 2. The van der Waals surface area contributed by atoms with Gasteiger partial charge in [0.05, 0.1) is 25.2 Å². The first-order chi connectivity index (χ1) is 14.7. The number of hydrogen-bond acceptors (Lipinski definition) is 3. The van der Waals surface area contributed by atoms with E-state index in [1.807, 2.05) is 47.2 Å². The maximum Gasteiger partial charge on any atom is 0.319 e. The van der Waals surface area contributed by atoms with Crippen LogP contribution in [0.5, 0.6) is 5.75 Å². The molecule has 0 fully saturated rings. The Morgan fingerprint density at radius 2 is 1.70 bits per heavy atom. The number of fused-ring (bicyclic) bond motifs is 3. The fraction of sp³-hybridized carbons (Fsp3) is 0.0833. The molecule has 5 rings (SSSR count). The van der Waals surface area contributed by atoms with Gasteiger partial charge in [-0.15, -0.1) is 0 Å². The van der Waals surface area contributed by atoms with E-state index in [2.05, 4.69) is 39.9 Å². The number of hydrogen-bond donors (Lipinski definition) is 2. The highest BCUT2D eigenvalue weighted by Gasteiger charge is 2.29. The van der Waals surface area contributed by atoms with E-state index in [-0.39, 0.29) is 12.1 Å². The van der Waals surface area contributed by atoms with Crippen LogP contribution in [-0.2, 0) is 0 Å². The zero-order valence-electron chi connectivity index (χ0n) is 16.4. The summed E-state index contributed by atoms with van der Waals surface area (Å²) in [6.07, 6.45) is 5.25. The Morgan fingerprint density at radius 1 is 1.00 bits per heavy atom. The van der Waals surface area contributed by atoms with Crippen molar-refractivity contribution in [2.24, 2.45) is 0 Å². The van der Waals surface area contributed by atoms with Crippen molar-refractivity contribution in [3.05, 3.63) is 96.6 Å². The van der Waals surface area contributed by atoms with Gasteiger partial charge in [-0.3, -0.25) is 0 Å². The zero-order valence-corrected chi connectivity index (χ0v) is 16.4. The van der Waals surface area contributed by atoms with Crippen molar-refractivity contribution in [2.75, 3.05) is 12.4 Å². The summed E-state index contributed by atoms with van der Waals surface area (Å²) in [6, 6.07) is 21.4. The number of nitrogens with one attached hydrogen (secondary N) is 2. The minimum atomic E-state index is -0.274. The topological polar surface area (TPSA) is 68.2 Å². The fourth-order valence-corrected chi connectivity index (χ4v) is 3.98. The van der Waals surface area contributed by atoms with Crippen molar-refractivity contribution in [3.63, 3.8) is 0 Å². The molecule has 1 aliphatic rings. The Morgan fingerprint density at radius 3 is 2.33 bits per heavy atom. The van der Waals surface area contributed by atoms with Crippen LogP contribution in [0.4, 0.5) is 10.5 Å². The van der Waals surface area contributed by atoms with Crippen LogP contribution in [-0.4, -0.2) is 22.7 Å². The molecule has 30 heavy (non-hydrogen) atoms. The molecular weight excluding hydrogens is 376 g/mol. The average molecular weight is 396 g/mol. The molecule has 0 spiro atoms. The van der Waals surface area contributed by atoms with Crippen LogP contribution >= 0.6 is 0 Å². The van der Waals surface area contributed by atoms with Crippen LogP contribution in [0.1, 0.15) is 17.2 Å². The lowest BCUT2D eigenvalue weighted by Gasteiger charge is -2.17. The normalized spacial score (nSPS) is 12.2. The Hall–Kier alpha value is -4.06. The summed E-state index contributed by atoms with van der Waals surface area (Å²) in [7, 11) is 1.60. The molecule has 6 nitrogen and oxygen atoms in total. The number of anilines is 1. The van der Waals surface area contributed by atoms with Gasteiger partial charge in [0.15, 0.2) is 0 Å². The molecule has 0 atom stereocenters. The number of carbonyl (C=O) groups is 1. The molecule has 0 radical (unpaired) electrons. The van der Waals surface area contributed by atoms with Crippen molar-refractivity contribution in [1.29, 1.82) is 0 Å². The van der Waals surface area contributed by atoms with Gasteiger partial charge in [-0.1, -0.05) is 48.5 Å². The summed E-state index contributed by atoms with van der Waals surface area (Å²) < 4.78 is 7.35. The Balaban J connectivity index is 1.38. The number of aromatic nitrogens is 2. The molecule has 0 saturated heterocycles. The van der Waals surface area contributed by atoms with Crippen LogP contribution < -0.4 is 15.4 Å². The number of ether oxygens (including phenoxy) is 1. The molecule has 1 heterocycles. The van der Waals surface area contributed by atoms with E-state index in [4.69, 9.17) is 4.74 Å². The summed E-state index contributed by atoms with van der Waals surface area (Å²) in [5.41, 5.74) is 6.01. The van der Waals surface area contributed by atoms with Gasteiger partial charge >= 0.3 is 6.03 Å². The van der Waals surface area contributed by atoms with Gasteiger partial charge in [-0.2, -0.15) is 0 Å². The minimum absolute atomic E-state index is 0.190. The van der Waals surface area contributed by atoms with Gasteiger partial charge in [0.25, 0.3) is 0 Å². The molecule has 0 bridgehead atoms. The molecule has 2 amide bonds. The first-order valence-electron chi connectivity index (χ1n) is 9.66. The predicted molar refractivity (Wildman–Crippen MR) is 116 cm³/mol. The maximum atomic E-state index is 12.8. The third kappa shape index (κ3) is 3.08. The van der Waals surface area contributed by atoms with Crippen LogP contribution in [0, 0.1) is 0 Å². The third-order valence-corrected chi connectivity index (χ3v) is 5.33. The fourth-order valence-electron chi connectivity index (χ4n) is 3.98. The van der Waals surface area contributed by atoms with Crippen molar-refractivity contribution < 1.29 is 9.53 Å². The number of benzene rings is 3. The van der Waals surface area contributed by atoms with Gasteiger partial charge in [-0.05, 0) is 34.4 Å². The number of methoxy groups -OCH3 is 1. The average Bonchev–Trinajstić information content (AvgIpc) is 3.41. The lowest BCUT2D eigenvalue weighted by molar-refractivity contribution is 0.250. The van der Waals surface area contributed by atoms with E-state index in [9.17, 15) is 4.79 Å². The molecule has 1 aliphatic carbocycles. The Labute approximate surface area is 174 Å². The molecule has 4 aromatic rings. The van der Waals surface area contributed by atoms with Crippen LogP contribution in [0.15, 0.2) is 85.5 Å². The van der Waals surface area contributed by atoms with Gasteiger partial charge in [0, 0.05) is 24.1 Å². The lowest BCUT2D eigenvalue weighted by Crippen LogP contribution is -2.32. The number of imidazole rings is 1. The molecule has 1 aromatic heterocycles. The number of rotatable bonds is 4. The zero-order chi connectivity index (χ0) is 20.5. The van der Waals surface area contributed by atoms with Crippen molar-refractivity contribution in [1.82, 2.24) is 14.9 Å². The van der Waals surface area contributed by atoms with Gasteiger partial charge < -0.3 is 19.9 Å². The lowest BCUT2D eigenvalue weighted by atomic mass is 10.1. The SMILES string of the molecule is COc1cc(NC(=O)NC2c3ccccc3-c3ccccc32)ccc1-n1ccnc1. The molecule has 2 N–H and O–H groups in total. The van der Waals surface area contributed by atoms with E-state index in [0.29, 0.717) is 11.4 Å². The van der Waals surface area contributed by atoms with E-state index in [1.54, 1.807) is 25.7 Å². The predicted octanol–water partition coefficient (Wildman–Crippen LogP) is 4.77. The van der Waals surface area contributed by atoms with Crippen LogP contribution in [0.3, 0.4) is 0 Å². The second-order valence-electron chi connectivity index (χ2n) is 7.06. The summed E-state index contributed by atoms with van der Waals surface area (Å²) in [5.74, 6) is 0.641. The molecular formula is C24H20N4O2. The quantitative estimate of drug-likeness (QED) is 0.522. The highest BCUT2D eigenvalue weighted by atomic mass is 16.5. The van der Waals surface area contributed by atoms with E-state index >= 15 is 0 Å². The second kappa shape index (κ2) is 7.40. The number of amides is 2. The number of carbonyl (C=O) groups excluding carboxylic acids is 1. The molecule has 148 valence electrons. The molecule has 0 saturated carbocycles. The molecule has 0 aliphatic heterocycles. The van der Waals surface area contributed by atoms with Gasteiger partial charge in [-0.25, -0.2) is 9.78 Å². The standard InChI is InChI=1S/C24H20N4O2/c1-30-22-14-16(10-11-21(22)28-13-12-25-15-28)26-24(29)27-23-19-8-4-2-6-17(19)18-7-3-5-9-20(18)23/h2-15,23H,1H3,(H2,26,27,29). The smallest absolute Gasteiger partial charge is 0.319 e. The minimum Gasteiger partial charge on any atom is -0.494 e.